The number of nitrogens with one attached hydrogen (secondary N) is 2. The second-order valence-electron chi connectivity index (χ2n) is 4.45. The first-order chi connectivity index (χ1) is 9.60. The van der Waals surface area contributed by atoms with Crippen LogP contribution in [0.3, 0.4) is 0 Å². The predicted octanol–water partition coefficient (Wildman–Crippen LogP) is 1.08. The van der Waals surface area contributed by atoms with Gasteiger partial charge >= 0.3 is 5.97 Å². The number of rotatable bonds is 4. The van der Waals surface area contributed by atoms with Gasteiger partial charge in [-0.15, -0.1) is 0 Å². The van der Waals surface area contributed by atoms with Crippen molar-refractivity contribution in [2.24, 2.45) is 0 Å². The molecule has 0 aromatic heterocycles. The summed E-state index contributed by atoms with van der Waals surface area (Å²) in [4.78, 5) is 34.6. The second-order valence-corrected chi connectivity index (χ2v) is 4.45. The molecular weight excluding hydrogens is 260 g/mol. The van der Waals surface area contributed by atoms with E-state index in [-0.39, 0.29) is 11.8 Å². The molecule has 106 valence electrons. The SMILES string of the molecule is CCOC(=O)c1cccc(NC(=O)C2CCC(=O)N2)c1. The van der Waals surface area contributed by atoms with Crippen LogP contribution in [0.15, 0.2) is 24.3 Å². The van der Waals surface area contributed by atoms with Gasteiger partial charge in [-0.1, -0.05) is 6.07 Å². The largest absolute Gasteiger partial charge is 0.462 e. The zero-order chi connectivity index (χ0) is 14.5. The molecule has 0 saturated carbocycles. The fraction of sp³-hybridized carbons (Fsp3) is 0.357. The van der Waals surface area contributed by atoms with Gasteiger partial charge in [-0.2, -0.15) is 0 Å². The zero-order valence-corrected chi connectivity index (χ0v) is 11.1. The maximum atomic E-state index is 11.9. The highest BCUT2D eigenvalue weighted by Gasteiger charge is 2.27. The molecule has 6 heteroatoms. The first-order valence-corrected chi connectivity index (χ1v) is 6.47. The van der Waals surface area contributed by atoms with Crippen LogP contribution >= 0.6 is 0 Å². The Bertz CT molecular complexity index is 542. The number of hydrogen-bond acceptors (Lipinski definition) is 4. The lowest BCUT2D eigenvalue weighted by Gasteiger charge is -2.11. The Balaban J connectivity index is 2.02. The number of carbonyl (C=O) groups excluding carboxylic acids is 3. The Labute approximate surface area is 116 Å². The van der Waals surface area contributed by atoms with Gasteiger partial charge in [0.25, 0.3) is 0 Å². The summed E-state index contributed by atoms with van der Waals surface area (Å²) in [5.74, 6) is -0.833. The monoisotopic (exact) mass is 276 g/mol. The first kappa shape index (κ1) is 14.0. The summed E-state index contributed by atoms with van der Waals surface area (Å²) in [5.41, 5.74) is 0.877. The summed E-state index contributed by atoms with van der Waals surface area (Å²) in [6.45, 7) is 2.02. The summed E-state index contributed by atoms with van der Waals surface area (Å²) in [5, 5.41) is 5.27. The highest BCUT2D eigenvalue weighted by molar-refractivity contribution is 6.00. The Hall–Kier alpha value is -2.37. The van der Waals surface area contributed by atoms with Gasteiger partial charge in [0.1, 0.15) is 6.04 Å². The molecule has 0 aliphatic carbocycles. The Morgan fingerprint density at radius 1 is 1.45 bits per heavy atom. The fourth-order valence-corrected chi connectivity index (χ4v) is 1.98. The summed E-state index contributed by atoms with van der Waals surface area (Å²) in [7, 11) is 0. The molecule has 2 amide bonds. The van der Waals surface area contributed by atoms with Gasteiger partial charge in [0, 0.05) is 12.1 Å². The van der Waals surface area contributed by atoms with E-state index < -0.39 is 12.0 Å². The van der Waals surface area contributed by atoms with Crippen molar-refractivity contribution in [2.75, 3.05) is 11.9 Å². The number of esters is 1. The Kier molecular flexibility index (Phi) is 4.34. The quantitative estimate of drug-likeness (QED) is 0.806. The average molecular weight is 276 g/mol. The molecule has 1 aliphatic heterocycles. The summed E-state index contributed by atoms with van der Waals surface area (Å²) in [6, 6.07) is 6.00. The maximum Gasteiger partial charge on any atom is 0.338 e. The van der Waals surface area contributed by atoms with Crippen molar-refractivity contribution in [3.8, 4) is 0 Å². The minimum Gasteiger partial charge on any atom is -0.462 e. The molecular formula is C14H16N2O4. The van der Waals surface area contributed by atoms with Gasteiger partial charge in [0.15, 0.2) is 0 Å². The number of benzene rings is 1. The van der Waals surface area contributed by atoms with E-state index in [1.807, 2.05) is 0 Å². The molecule has 0 spiro atoms. The third-order valence-electron chi connectivity index (χ3n) is 2.95. The van der Waals surface area contributed by atoms with E-state index in [1.54, 1.807) is 31.2 Å². The van der Waals surface area contributed by atoms with Crippen LogP contribution in [0.25, 0.3) is 0 Å². The van der Waals surface area contributed by atoms with Crippen molar-refractivity contribution in [3.63, 3.8) is 0 Å². The molecule has 1 saturated heterocycles. The fourth-order valence-electron chi connectivity index (χ4n) is 1.98. The van der Waals surface area contributed by atoms with Crippen molar-refractivity contribution in [2.45, 2.75) is 25.8 Å². The van der Waals surface area contributed by atoms with Crippen molar-refractivity contribution in [1.82, 2.24) is 5.32 Å². The lowest BCUT2D eigenvalue weighted by molar-refractivity contribution is -0.122. The predicted molar refractivity (Wildman–Crippen MR) is 72.2 cm³/mol. The maximum absolute atomic E-state index is 11.9. The molecule has 0 radical (unpaired) electrons. The lowest BCUT2D eigenvalue weighted by Crippen LogP contribution is -2.37. The number of anilines is 1. The normalized spacial score (nSPS) is 17.4. The van der Waals surface area contributed by atoms with E-state index in [4.69, 9.17) is 4.74 Å². The minimum absolute atomic E-state index is 0.120. The van der Waals surface area contributed by atoms with Crippen LogP contribution in [0.1, 0.15) is 30.1 Å². The summed E-state index contributed by atoms with van der Waals surface area (Å²) in [6.07, 6.45) is 0.850. The standard InChI is InChI=1S/C14H16N2O4/c1-2-20-14(19)9-4-3-5-10(8-9)15-13(18)11-6-7-12(17)16-11/h3-5,8,11H,2,6-7H2,1H3,(H,15,18)(H,16,17). The van der Waals surface area contributed by atoms with Crippen LogP contribution in [0.2, 0.25) is 0 Å². The third-order valence-corrected chi connectivity index (χ3v) is 2.95. The number of amides is 2. The van der Waals surface area contributed by atoms with Crippen LogP contribution in [0.5, 0.6) is 0 Å². The average Bonchev–Trinajstić information content (AvgIpc) is 2.86. The Morgan fingerprint density at radius 2 is 2.25 bits per heavy atom. The molecule has 20 heavy (non-hydrogen) atoms. The van der Waals surface area contributed by atoms with Gasteiger partial charge in [0.2, 0.25) is 11.8 Å². The Morgan fingerprint density at radius 3 is 2.90 bits per heavy atom. The van der Waals surface area contributed by atoms with Crippen LogP contribution < -0.4 is 10.6 Å². The third kappa shape index (κ3) is 3.34. The zero-order valence-electron chi connectivity index (χ0n) is 11.1. The van der Waals surface area contributed by atoms with Gasteiger partial charge in [-0.25, -0.2) is 4.79 Å². The highest BCUT2D eigenvalue weighted by atomic mass is 16.5. The molecule has 2 N–H and O–H groups in total. The van der Waals surface area contributed by atoms with Gasteiger partial charge in [-0.05, 0) is 31.5 Å². The van der Waals surface area contributed by atoms with Crippen LogP contribution in [-0.4, -0.2) is 30.4 Å². The molecule has 1 unspecified atom stereocenters. The molecule has 1 heterocycles. The molecule has 1 aliphatic rings. The van der Waals surface area contributed by atoms with E-state index in [2.05, 4.69) is 10.6 Å². The van der Waals surface area contributed by atoms with E-state index in [9.17, 15) is 14.4 Å². The van der Waals surface area contributed by atoms with Crippen molar-refractivity contribution in [1.29, 1.82) is 0 Å². The molecule has 0 bridgehead atoms. The molecule has 1 fully saturated rings. The van der Waals surface area contributed by atoms with E-state index in [0.29, 0.717) is 30.7 Å². The molecule has 1 atom stereocenters. The smallest absolute Gasteiger partial charge is 0.338 e. The van der Waals surface area contributed by atoms with Gasteiger partial charge in [-0.3, -0.25) is 9.59 Å². The lowest BCUT2D eigenvalue weighted by atomic mass is 10.2. The van der Waals surface area contributed by atoms with Gasteiger partial charge < -0.3 is 15.4 Å². The molecule has 1 aromatic carbocycles. The van der Waals surface area contributed by atoms with Crippen molar-refractivity contribution in [3.05, 3.63) is 29.8 Å². The van der Waals surface area contributed by atoms with Crippen molar-refractivity contribution >= 4 is 23.5 Å². The van der Waals surface area contributed by atoms with E-state index >= 15 is 0 Å². The van der Waals surface area contributed by atoms with E-state index in [1.165, 1.54) is 0 Å². The number of hydrogen-bond donors (Lipinski definition) is 2. The van der Waals surface area contributed by atoms with Crippen LogP contribution in [0.4, 0.5) is 5.69 Å². The topological polar surface area (TPSA) is 84.5 Å². The van der Waals surface area contributed by atoms with Crippen LogP contribution in [-0.2, 0) is 14.3 Å². The highest BCUT2D eigenvalue weighted by Crippen LogP contribution is 2.14. The first-order valence-electron chi connectivity index (χ1n) is 6.47. The summed E-state index contributed by atoms with van der Waals surface area (Å²) >= 11 is 0. The molecule has 1 aromatic rings. The van der Waals surface area contributed by atoms with Crippen LogP contribution in [0, 0.1) is 0 Å². The molecule has 6 nitrogen and oxygen atoms in total. The minimum atomic E-state index is -0.506. The number of carbonyl (C=O) groups is 3. The van der Waals surface area contributed by atoms with E-state index in [0.717, 1.165) is 0 Å². The van der Waals surface area contributed by atoms with Gasteiger partial charge in [0.05, 0.1) is 12.2 Å². The number of ether oxygens (including phenoxy) is 1. The van der Waals surface area contributed by atoms with Crippen molar-refractivity contribution < 1.29 is 19.1 Å². The molecule has 2 rings (SSSR count). The second kappa shape index (κ2) is 6.18. The summed E-state index contributed by atoms with van der Waals surface area (Å²) < 4.78 is 4.89.